The predicted octanol–water partition coefficient (Wildman–Crippen LogP) is 4.34. The van der Waals surface area contributed by atoms with Crippen molar-refractivity contribution in [2.24, 2.45) is 0 Å². The van der Waals surface area contributed by atoms with Crippen molar-refractivity contribution < 1.29 is 8.42 Å². The van der Waals surface area contributed by atoms with E-state index < -0.39 is 10.0 Å². The van der Waals surface area contributed by atoms with Crippen molar-refractivity contribution in [3.8, 4) is 0 Å². The van der Waals surface area contributed by atoms with Gasteiger partial charge in [-0.3, -0.25) is 4.31 Å². The first-order chi connectivity index (χ1) is 10.4. The third-order valence-electron chi connectivity index (χ3n) is 3.54. The standard InChI is InChI=1S/C17H18ClNO2S/c1-4-12-19(17-7-5-6-13(2)14(17)3)22(20,21)16-10-8-15(18)9-11-16/h4-11H,1,12H2,2-3H3. The highest BCUT2D eigenvalue weighted by molar-refractivity contribution is 7.92. The van der Waals surface area contributed by atoms with E-state index in [0.29, 0.717) is 10.7 Å². The third-order valence-corrected chi connectivity index (χ3v) is 5.59. The van der Waals surface area contributed by atoms with E-state index in [1.54, 1.807) is 24.3 Å². The highest BCUT2D eigenvalue weighted by Gasteiger charge is 2.25. The Morgan fingerprint density at radius 2 is 1.77 bits per heavy atom. The van der Waals surface area contributed by atoms with Gasteiger partial charge in [-0.1, -0.05) is 29.8 Å². The van der Waals surface area contributed by atoms with Gasteiger partial charge in [0.2, 0.25) is 0 Å². The van der Waals surface area contributed by atoms with Gasteiger partial charge >= 0.3 is 0 Å². The van der Waals surface area contributed by atoms with Crippen molar-refractivity contribution in [2.75, 3.05) is 10.8 Å². The maximum Gasteiger partial charge on any atom is 0.264 e. The summed E-state index contributed by atoms with van der Waals surface area (Å²) in [5.74, 6) is 0. The van der Waals surface area contributed by atoms with E-state index >= 15 is 0 Å². The van der Waals surface area contributed by atoms with E-state index in [0.717, 1.165) is 11.1 Å². The molecule has 0 saturated carbocycles. The van der Waals surface area contributed by atoms with Gasteiger partial charge in [-0.15, -0.1) is 6.58 Å². The van der Waals surface area contributed by atoms with Crippen LogP contribution in [-0.2, 0) is 10.0 Å². The van der Waals surface area contributed by atoms with Crippen LogP contribution in [0.25, 0.3) is 0 Å². The molecule has 5 heteroatoms. The summed E-state index contributed by atoms with van der Waals surface area (Å²) in [7, 11) is -3.67. The molecule has 0 atom stereocenters. The van der Waals surface area contributed by atoms with Crippen molar-refractivity contribution in [1.82, 2.24) is 0 Å². The Hall–Kier alpha value is -1.78. The largest absolute Gasteiger partial charge is 0.264 e. The van der Waals surface area contributed by atoms with Gasteiger partial charge in [0.25, 0.3) is 10.0 Å². The first-order valence-electron chi connectivity index (χ1n) is 6.83. The van der Waals surface area contributed by atoms with Crippen molar-refractivity contribution in [2.45, 2.75) is 18.7 Å². The molecule has 0 spiro atoms. The quantitative estimate of drug-likeness (QED) is 0.762. The Bertz CT molecular complexity index is 783. The molecule has 0 radical (unpaired) electrons. The number of benzene rings is 2. The van der Waals surface area contributed by atoms with E-state index in [4.69, 9.17) is 11.6 Å². The summed E-state index contributed by atoms with van der Waals surface area (Å²) in [5, 5.41) is 0.501. The number of hydrogen-bond donors (Lipinski definition) is 0. The topological polar surface area (TPSA) is 37.4 Å². The van der Waals surface area contributed by atoms with Crippen LogP contribution in [-0.4, -0.2) is 15.0 Å². The van der Waals surface area contributed by atoms with E-state index in [2.05, 4.69) is 6.58 Å². The molecular weight excluding hydrogens is 318 g/mol. The molecule has 0 amide bonds. The number of aryl methyl sites for hydroxylation is 1. The molecule has 0 fully saturated rings. The molecule has 0 unspecified atom stereocenters. The maximum atomic E-state index is 12.9. The molecule has 0 saturated heterocycles. The lowest BCUT2D eigenvalue weighted by Crippen LogP contribution is -2.31. The Balaban J connectivity index is 2.58. The molecule has 0 N–H and O–H groups in total. The molecule has 116 valence electrons. The molecule has 0 bridgehead atoms. The van der Waals surface area contributed by atoms with Crippen LogP contribution in [0.2, 0.25) is 5.02 Å². The van der Waals surface area contributed by atoms with Gasteiger partial charge < -0.3 is 0 Å². The first kappa shape index (κ1) is 16.6. The second-order valence-electron chi connectivity index (χ2n) is 5.00. The first-order valence-corrected chi connectivity index (χ1v) is 8.65. The minimum atomic E-state index is -3.67. The molecule has 0 aliphatic heterocycles. The second kappa shape index (κ2) is 6.55. The number of nitrogens with zero attached hydrogens (tertiary/aromatic N) is 1. The number of halogens is 1. The molecule has 0 aromatic heterocycles. The highest BCUT2D eigenvalue weighted by Crippen LogP contribution is 2.28. The van der Waals surface area contributed by atoms with Gasteiger partial charge in [-0.05, 0) is 55.3 Å². The molecule has 2 rings (SSSR count). The van der Waals surface area contributed by atoms with Gasteiger partial charge in [0, 0.05) is 5.02 Å². The van der Waals surface area contributed by atoms with Crippen LogP contribution in [0.4, 0.5) is 5.69 Å². The molecule has 0 aliphatic carbocycles. The summed E-state index contributed by atoms with van der Waals surface area (Å²) in [5.41, 5.74) is 2.63. The van der Waals surface area contributed by atoms with Crippen LogP contribution in [0.1, 0.15) is 11.1 Å². The Morgan fingerprint density at radius 3 is 2.36 bits per heavy atom. The third kappa shape index (κ3) is 3.18. The lowest BCUT2D eigenvalue weighted by Gasteiger charge is -2.25. The molecule has 2 aromatic rings. The van der Waals surface area contributed by atoms with Gasteiger partial charge in [0.15, 0.2) is 0 Å². The molecule has 0 heterocycles. The lowest BCUT2D eigenvalue weighted by atomic mass is 10.1. The average molecular weight is 336 g/mol. The van der Waals surface area contributed by atoms with Crippen LogP contribution in [0, 0.1) is 13.8 Å². The summed E-state index contributed by atoms with van der Waals surface area (Å²) < 4.78 is 27.2. The van der Waals surface area contributed by atoms with Crippen molar-refractivity contribution in [3.63, 3.8) is 0 Å². The zero-order chi connectivity index (χ0) is 16.3. The van der Waals surface area contributed by atoms with Crippen LogP contribution in [0.15, 0.2) is 60.0 Å². The number of anilines is 1. The fourth-order valence-corrected chi connectivity index (χ4v) is 3.80. The van der Waals surface area contributed by atoms with Crippen LogP contribution in [0.5, 0.6) is 0 Å². The Labute approximate surface area is 136 Å². The molecule has 0 aliphatic rings. The summed E-state index contributed by atoms with van der Waals surface area (Å²) in [4.78, 5) is 0.208. The fraction of sp³-hybridized carbons (Fsp3) is 0.176. The zero-order valence-corrected chi connectivity index (χ0v) is 14.2. The fourth-order valence-electron chi connectivity index (χ4n) is 2.18. The monoisotopic (exact) mass is 335 g/mol. The van der Waals surface area contributed by atoms with Gasteiger partial charge in [0.1, 0.15) is 0 Å². The molecule has 22 heavy (non-hydrogen) atoms. The Kier molecular flexibility index (Phi) is 4.94. The summed E-state index contributed by atoms with van der Waals surface area (Å²) in [6, 6.07) is 11.8. The predicted molar refractivity (Wildman–Crippen MR) is 92.1 cm³/mol. The molecule has 3 nitrogen and oxygen atoms in total. The lowest BCUT2D eigenvalue weighted by molar-refractivity contribution is 0.592. The van der Waals surface area contributed by atoms with Gasteiger partial charge in [-0.2, -0.15) is 0 Å². The molecular formula is C17H18ClNO2S. The summed E-state index contributed by atoms with van der Waals surface area (Å²) in [6.45, 7) is 7.75. The summed E-state index contributed by atoms with van der Waals surface area (Å²) in [6.07, 6.45) is 1.58. The van der Waals surface area contributed by atoms with E-state index in [9.17, 15) is 8.42 Å². The molecule has 2 aromatic carbocycles. The number of hydrogen-bond acceptors (Lipinski definition) is 2. The zero-order valence-electron chi connectivity index (χ0n) is 12.6. The minimum absolute atomic E-state index is 0.204. The van der Waals surface area contributed by atoms with Crippen molar-refractivity contribution >= 4 is 27.3 Å². The number of rotatable bonds is 5. The average Bonchev–Trinajstić information content (AvgIpc) is 2.48. The van der Waals surface area contributed by atoms with E-state index in [1.807, 2.05) is 26.0 Å². The minimum Gasteiger partial charge on any atom is -0.262 e. The summed E-state index contributed by atoms with van der Waals surface area (Å²) >= 11 is 5.84. The van der Waals surface area contributed by atoms with Crippen LogP contribution < -0.4 is 4.31 Å². The Morgan fingerprint density at radius 1 is 1.14 bits per heavy atom. The smallest absolute Gasteiger partial charge is 0.262 e. The van der Waals surface area contributed by atoms with Crippen molar-refractivity contribution in [3.05, 3.63) is 71.3 Å². The van der Waals surface area contributed by atoms with Crippen LogP contribution in [0.3, 0.4) is 0 Å². The second-order valence-corrected chi connectivity index (χ2v) is 7.30. The highest BCUT2D eigenvalue weighted by atomic mass is 35.5. The van der Waals surface area contributed by atoms with Gasteiger partial charge in [-0.25, -0.2) is 8.42 Å². The van der Waals surface area contributed by atoms with Crippen LogP contribution >= 0.6 is 11.6 Å². The van der Waals surface area contributed by atoms with Crippen molar-refractivity contribution in [1.29, 1.82) is 0 Å². The number of sulfonamides is 1. The maximum absolute atomic E-state index is 12.9. The van der Waals surface area contributed by atoms with Gasteiger partial charge in [0.05, 0.1) is 17.1 Å². The van der Waals surface area contributed by atoms with E-state index in [1.165, 1.54) is 16.4 Å². The SMILES string of the molecule is C=CCN(c1cccc(C)c1C)S(=O)(=O)c1ccc(Cl)cc1. The normalized spacial score (nSPS) is 11.2. The van der Waals surface area contributed by atoms with E-state index in [-0.39, 0.29) is 11.4 Å².